The predicted molar refractivity (Wildman–Crippen MR) is 69.0 cm³/mol. The van der Waals surface area contributed by atoms with E-state index in [0.717, 1.165) is 32.1 Å². The Morgan fingerprint density at radius 3 is 2.28 bits per heavy atom. The zero-order valence-electron chi connectivity index (χ0n) is 11.1. The van der Waals surface area contributed by atoms with Crippen molar-refractivity contribution < 1.29 is 20.1 Å². The largest absolute Gasteiger partial charge is 0.478 e. The summed E-state index contributed by atoms with van der Waals surface area (Å²) >= 11 is 0. The van der Waals surface area contributed by atoms with E-state index in [1.165, 1.54) is 19.4 Å². The number of carboxylic acid groups (broad SMARTS) is 1. The molecule has 0 aromatic rings. The first-order valence-electron chi connectivity index (χ1n) is 6.80. The second-order valence-electron chi connectivity index (χ2n) is 5.30. The lowest BCUT2D eigenvalue weighted by Crippen LogP contribution is -2.37. The molecule has 1 aliphatic rings. The summed E-state index contributed by atoms with van der Waals surface area (Å²) < 4.78 is 0. The lowest BCUT2D eigenvalue weighted by molar-refractivity contribution is -0.196. The highest BCUT2D eigenvalue weighted by molar-refractivity contribution is 5.85. The second-order valence-corrected chi connectivity index (χ2v) is 5.30. The van der Waals surface area contributed by atoms with Crippen LogP contribution < -0.4 is 0 Å². The lowest BCUT2D eigenvalue weighted by atomic mass is 9.86. The normalized spacial score (nSPS) is 26.6. The smallest absolute Gasteiger partial charge is 0.330 e. The molecule has 1 unspecified atom stereocenters. The summed E-state index contributed by atoms with van der Waals surface area (Å²) in [5.74, 6) is -3.25. The Labute approximate surface area is 108 Å². The van der Waals surface area contributed by atoms with Gasteiger partial charge in [-0.25, -0.2) is 4.79 Å². The predicted octanol–water partition coefficient (Wildman–Crippen LogP) is 2.45. The highest BCUT2D eigenvalue weighted by Gasteiger charge is 2.32. The van der Waals surface area contributed by atoms with Gasteiger partial charge in [0.05, 0.1) is 0 Å². The van der Waals surface area contributed by atoms with Gasteiger partial charge in [0.25, 0.3) is 0 Å². The van der Waals surface area contributed by atoms with E-state index >= 15 is 0 Å². The molecule has 1 atom stereocenters. The topological polar surface area (TPSA) is 77.8 Å². The molecule has 0 saturated heterocycles. The fourth-order valence-electron chi connectivity index (χ4n) is 2.46. The van der Waals surface area contributed by atoms with Gasteiger partial charge in [0, 0.05) is 17.9 Å². The Kier molecular flexibility index (Phi) is 5.82. The lowest BCUT2D eigenvalue weighted by Gasteiger charge is -2.30. The van der Waals surface area contributed by atoms with Gasteiger partial charge in [-0.1, -0.05) is 38.2 Å². The summed E-state index contributed by atoms with van der Waals surface area (Å²) in [6, 6.07) is 0. The summed E-state index contributed by atoms with van der Waals surface area (Å²) in [4.78, 5) is 10.8. The van der Waals surface area contributed by atoms with Gasteiger partial charge < -0.3 is 15.3 Å². The van der Waals surface area contributed by atoms with E-state index in [9.17, 15) is 15.0 Å². The molecule has 0 aromatic heterocycles. The zero-order chi connectivity index (χ0) is 13.6. The molecule has 0 amide bonds. The van der Waals surface area contributed by atoms with Crippen LogP contribution in [0.3, 0.4) is 0 Å². The highest BCUT2D eigenvalue weighted by atomic mass is 16.5. The number of rotatable bonds is 2. The van der Waals surface area contributed by atoms with Crippen molar-refractivity contribution in [2.75, 3.05) is 0 Å². The van der Waals surface area contributed by atoms with Crippen LogP contribution >= 0.6 is 0 Å². The van der Waals surface area contributed by atoms with Crippen molar-refractivity contribution in [3.63, 3.8) is 0 Å². The van der Waals surface area contributed by atoms with Crippen LogP contribution in [0, 0.1) is 5.92 Å². The number of hydrogen-bond donors (Lipinski definition) is 3. The van der Waals surface area contributed by atoms with Gasteiger partial charge in [-0.05, 0) is 19.8 Å². The Bertz CT molecular complexity index is 307. The highest BCUT2D eigenvalue weighted by Crippen LogP contribution is 2.30. The maximum Gasteiger partial charge on any atom is 0.330 e. The number of aliphatic hydroxyl groups is 2. The van der Waals surface area contributed by atoms with Gasteiger partial charge in [-0.3, -0.25) is 0 Å². The standard InChI is InChI=1S/C14H24O4/c1-11(13(15)16)10-12-8-6-4-2-3-5-7-9-14(12,17)18/h10,12,17-18H,2-9H2,1H3,(H,15,16). The quantitative estimate of drug-likeness (QED) is 0.524. The van der Waals surface area contributed by atoms with Gasteiger partial charge in [-0.15, -0.1) is 0 Å². The molecule has 104 valence electrons. The SMILES string of the molecule is CC(=CC1CCCCCCCCC1(O)O)C(=O)O. The van der Waals surface area contributed by atoms with Gasteiger partial charge >= 0.3 is 5.97 Å². The van der Waals surface area contributed by atoms with E-state index in [-0.39, 0.29) is 5.57 Å². The Balaban J connectivity index is 2.79. The molecule has 1 saturated carbocycles. The van der Waals surface area contributed by atoms with Gasteiger partial charge in [0.2, 0.25) is 0 Å². The number of hydrogen-bond acceptors (Lipinski definition) is 3. The molecule has 0 aliphatic heterocycles. The van der Waals surface area contributed by atoms with Crippen LogP contribution in [0.25, 0.3) is 0 Å². The first-order chi connectivity index (χ1) is 8.43. The summed E-state index contributed by atoms with van der Waals surface area (Å²) in [6.45, 7) is 1.50. The minimum atomic E-state index is -1.77. The molecule has 0 heterocycles. The molecular weight excluding hydrogens is 232 g/mol. The number of carbonyl (C=O) groups is 1. The van der Waals surface area contributed by atoms with Crippen molar-refractivity contribution in [2.45, 2.75) is 64.1 Å². The van der Waals surface area contributed by atoms with E-state index in [1.54, 1.807) is 0 Å². The van der Waals surface area contributed by atoms with Crippen LogP contribution in [0.5, 0.6) is 0 Å². The third-order valence-corrected chi connectivity index (χ3v) is 3.69. The van der Waals surface area contributed by atoms with E-state index in [2.05, 4.69) is 0 Å². The first-order valence-corrected chi connectivity index (χ1v) is 6.80. The minimum Gasteiger partial charge on any atom is -0.478 e. The second kappa shape index (κ2) is 6.90. The average molecular weight is 256 g/mol. The molecule has 0 radical (unpaired) electrons. The fourth-order valence-corrected chi connectivity index (χ4v) is 2.46. The summed E-state index contributed by atoms with van der Waals surface area (Å²) in [5, 5.41) is 29.1. The van der Waals surface area contributed by atoms with Crippen LogP contribution in [0.1, 0.15) is 58.3 Å². The molecule has 1 rings (SSSR count). The molecule has 18 heavy (non-hydrogen) atoms. The maximum atomic E-state index is 10.8. The summed E-state index contributed by atoms with van der Waals surface area (Å²) in [6.07, 6.45) is 8.57. The van der Waals surface area contributed by atoms with E-state index in [1.807, 2.05) is 0 Å². The summed E-state index contributed by atoms with van der Waals surface area (Å²) in [7, 11) is 0. The third kappa shape index (κ3) is 4.78. The molecule has 0 aromatic carbocycles. The molecule has 3 N–H and O–H groups in total. The fraction of sp³-hybridized carbons (Fsp3) is 0.786. The Morgan fingerprint density at radius 2 is 1.67 bits per heavy atom. The molecule has 1 aliphatic carbocycles. The molecular formula is C14H24O4. The van der Waals surface area contributed by atoms with Crippen molar-refractivity contribution >= 4 is 5.97 Å². The van der Waals surface area contributed by atoms with E-state index in [0.29, 0.717) is 12.8 Å². The minimum absolute atomic E-state index is 0.185. The zero-order valence-corrected chi connectivity index (χ0v) is 11.1. The van der Waals surface area contributed by atoms with Crippen LogP contribution in [-0.4, -0.2) is 27.1 Å². The van der Waals surface area contributed by atoms with Crippen LogP contribution in [-0.2, 0) is 4.79 Å². The Morgan fingerprint density at radius 1 is 1.11 bits per heavy atom. The van der Waals surface area contributed by atoms with Crippen LogP contribution in [0.2, 0.25) is 0 Å². The molecule has 1 fully saturated rings. The Hall–Kier alpha value is -0.870. The number of aliphatic carboxylic acids is 1. The van der Waals surface area contributed by atoms with Crippen molar-refractivity contribution in [1.29, 1.82) is 0 Å². The van der Waals surface area contributed by atoms with Gasteiger partial charge in [-0.2, -0.15) is 0 Å². The molecule has 0 bridgehead atoms. The van der Waals surface area contributed by atoms with Crippen LogP contribution in [0.4, 0.5) is 0 Å². The van der Waals surface area contributed by atoms with E-state index < -0.39 is 17.7 Å². The van der Waals surface area contributed by atoms with Crippen molar-refractivity contribution in [2.24, 2.45) is 5.92 Å². The van der Waals surface area contributed by atoms with Crippen molar-refractivity contribution in [3.8, 4) is 0 Å². The van der Waals surface area contributed by atoms with E-state index in [4.69, 9.17) is 5.11 Å². The van der Waals surface area contributed by atoms with Crippen LogP contribution in [0.15, 0.2) is 11.6 Å². The van der Waals surface area contributed by atoms with Gasteiger partial charge in [0.15, 0.2) is 5.79 Å². The van der Waals surface area contributed by atoms with Crippen molar-refractivity contribution in [3.05, 3.63) is 11.6 Å². The molecule has 4 nitrogen and oxygen atoms in total. The maximum absolute atomic E-state index is 10.8. The van der Waals surface area contributed by atoms with Crippen molar-refractivity contribution in [1.82, 2.24) is 0 Å². The average Bonchev–Trinajstić information content (AvgIpc) is 2.29. The summed E-state index contributed by atoms with van der Waals surface area (Å²) in [5.41, 5.74) is 0.185. The molecule has 4 heteroatoms. The number of carboxylic acids is 1. The molecule has 0 spiro atoms. The first kappa shape index (κ1) is 15.2. The van der Waals surface area contributed by atoms with Gasteiger partial charge in [0.1, 0.15) is 0 Å². The third-order valence-electron chi connectivity index (χ3n) is 3.69. The monoisotopic (exact) mass is 256 g/mol.